The van der Waals surface area contributed by atoms with Crippen molar-refractivity contribution in [2.75, 3.05) is 5.32 Å². The molecule has 0 saturated carbocycles. The molecular formula is C17H10F5N3. The minimum atomic E-state index is -4.55. The van der Waals surface area contributed by atoms with Crippen molar-refractivity contribution in [3.8, 4) is 11.1 Å². The largest absolute Gasteiger partial charge is 0.433 e. The zero-order chi connectivity index (χ0) is 18.0. The van der Waals surface area contributed by atoms with Gasteiger partial charge >= 0.3 is 6.18 Å². The minimum absolute atomic E-state index is 0.0352. The number of benzene rings is 1. The summed E-state index contributed by atoms with van der Waals surface area (Å²) in [5.41, 5.74) is -0.660. The second kappa shape index (κ2) is 6.46. The van der Waals surface area contributed by atoms with Crippen LogP contribution in [0.3, 0.4) is 0 Å². The Morgan fingerprint density at radius 1 is 0.840 bits per heavy atom. The SMILES string of the molecule is Fc1cccc(-c2ccc(Nc3cccc(C(F)(F)F)n3)nc2)c1F. The van der Waals surface area contributed by atoms with Gasteiger partial charge in [0.15, 0.2) is 11.6 Å². The summed E-state index contributed by atoms with van der Waals surface area (Å²) in [7, 11) is 0. The Morgan fingerprint density at radius 2 is 1.60 bits per heavy atom. The standard InChI is InChI=1S/C17H10F5N3/c18-12-4-1-3-11(16(12)19)10-7-8-14(23-9-10)25-15-6-2-5-13(24-15)17(20,21)22/h1-9H,(H,23,24,25). The first kappa shape index (κ1) is 16.8. The van der Waals surface area contributed by atoms with Gasteiger partial charge in [-0.15, -0.1) is 0 Å². The van der Waals surface area contributed by atoms with Gasteiger partial charge in [-0.2, -0.15) is 13.2 Å². The molecule has 8 heteroatoms. The molecule has 3 rings (SSSR count). The van der Waals surface area contributed by atoms with Gasteiger partial charge in [0.05, 0.1) is 0 Å². The van der Waals surface area contributed by atoms with E-state index < -0.39 is 23.5 Å². The molecule has 0 saturated heterocycles. The van der Waals surface area contributed by atoms with E-state index in [1.165, 1.54) is 42.6 Å². The molecule has 0 bridgehead atoms. The fourth-order valence-corrected chi connectivity index (χ4v) is 2.15. The lowest BCUT2D eigenvalue weighted by Gasteiger charge is -2.10. The Labute approximate surface area is 139 Å². The van der Waals surface area contributed by atoms with Crippen molar-refractivity contribution < 1.29 is 22.0 Å². The van der Waals surface area contributed by atoms with Crippen LogP contribution in [0.5, 0.6) is 0 Å². The summed E-state index contributed by atoms with van der Waals surface area (Å²) in [6, 6.07) is 10.1. The van der Waals surface area contributed by atoms with Crippen LogP contribution in [-0.2, 0) is 6.18 Å². The maximum Gasteiger partial charge on any atom is 0.433 e. The van der Waals surface area contributed by atoms with Crippen LogP contribution < -0.4 is 5.32 Å². The summed E-state index contributed by atoms with van der Waals surface area (Å²) >= 11 is 0. The normalized spacial score (nSPS) is 11.4. The number of nitrogens with one attached hydrogen (secondary N) is 1. The van der Waals surface area contributed by atoms with E-state index in [1.807, 2.05) is 0 Å². The fourth-order valence-electron chi connectivity index (χ4n) is 2.15. The Morgan fingerprint density at radius 3 is 2.28 bits per heavy atom. The number of nitrogens with zero attached hydrogens (tertiary/aromatic N) is 2. The van der Waals surface area contributed by atoms with Gasteiger partial charge < -0.3 is 5.32 Å². The average Bonchev–Trinajstić information content (AvgIpc) is 2.58. The van der Waals surface area contributed by atoms with E-state index in [-0.39, 0.29) is 17.2 Å². The molecule has 0 amide bonds. The number of aromatic nitrogens is 2. The third kappa shape index (κ3) is 3.73. The quantitative estimate of drug-likeness (QED) is 0.661. The van der Waals surface area contributed by atoms with Crippen molar-refractivity contribution in [2.45, 2.75) is 6.18 Å². The molecule has 2 aromatic heterocycles. The van der Waals surface area contributed by atoms with Gasteiger partial charge in [0.2, 0.25) is 0 Å². The van der Waals surface area contributed by atoms with Gasteiger partial charge in [0.1, 0.15) is 17.3 Å². The number of halogens is 5. The predicted octanol–water partition coefficient (Wildman–Crippen LogP) is 5.18. The molecule has 1 aromatic carbocycles. The predicted molar refractivity (Wildman–Crippen MR) is 82.1 cm³/mol. The maximum atomic E-state index is 13.8. The van der Waals surface area contributed by atoms with Crippen molar-refractivity contribution in [1.82, 2.24) is 9.97 Å². The van der Waals surface area contributed by atoms with E-state index in [1.54, 1.807) is 0 Å². The van der Waals surface area contributed by atoms with Crippen LogP contribution in [0.2, 0.25) is 0 Å². The Bertz CT molecular complexity index is 892. The van der Waals surface area contributed by atoms with E-state index >= 15 is 0 Å². The van der Waals surface area contributed by atoms with E-state index in [9.17, 15) is 22.0 Å². The molecule has 0 fully saturated rings. The lowest BCUT2D eigenvalue weighted by molar-refractivity contribution is -0.141. The molecule has 2 heterocycles. The molecule has 0 radical (unpaired) electrons. The molecule has 128 valence electrons. The first-order valence-corrected chi connectivity index (χ1v) is 7.06. The van der Waals surface area contributed by atoms with Gasteiger partial charge in [-0.3, -0.25) is 0 Å². The summed E-state index contributed by atoms with van der Waals surface area (Å²) in [4.78, 5) is 7.45. The molecule has 3 nitrogen and oxygen atoms in total. The van der Waals surface area contributed by atoms with Crippen LogP contribution in [0.1, 0.15) is 5.69 Å². The molecule has 0 aliphatic heterocycles. The van der Waals surface area contributed by atoms with E-state index in [0.717, 1.165) is 12.1 Å². The number of alkyl halides is 3. The lowest BCUT2D eigenvalue weighted by Crippen LogP contribution is -2.09. The van der Waals surface area contributed by atoms with Crippen LogP contribution in [0.25, 0.3) is 11.1 Å². The first-order valence-electron chi connectivity index (χ1n) is 7.06. The van der Waals surface area contributed by atoms with Crippen LogP contribution >= 0.6 is 0 Å². The second-order valence-electron chi connectivity index (χ2n) is 5.06. The molecule has 25 heavy (non-hydrogen) atoms. The van der Waals surface area contributed by atoms with E-state index in [2.05, 4.69) is 15.3 Å². The molecule has 1 N–H and O–H groups in total. The molecule has 0 aliphatic carbocycles. The summed E-state index contributed by atoms with van der Waals surface area (Å²) in [6.45, 7) is 0. The van der Waals surface area contributed by atoms with Crippen LogP contribution in [-0.4, -0.2) is 9.97 Å². The highest BCUT2D eigenvalue weighted by atomic mass is 19.4. The van der Waals surface area contributed by atoms with Gasteiger partial charge in [-0.1, -0.05) is 18.2 Å². The van der Waals surface area contributed by atoms with Gasteiger partial charge in [-0.25, -0.2) is 18.7 Å². The van der Waals surface area contributed by atoms with Crippen molar-refractivity contribution in [3.63, 3.8) is 0 Å². The van der Waals surface area contributed by atoms with Crippen molar-refractivity contribution in [1.29, 1.82) is 0 Å². The average molecular weight is 351 g/mol. The number of hydrogen-bond acceptors (Lipinski definition) is 3. The van der Waals surface area contributed by atoms with Gasteiger partial charge in [-0.05, 0) is 30.3 Å². The van der Waals surface area contributed by atoms with Gasteiger partial charge in [0, 0.05) is 17.3 Å². The third-order valence-corrected chi connectivity index (χ3v) is 3.32. The molecule has 0 unspecified atom stereocenters. The molecule has 0 atom stereocenters. The molecule has 3 aromatic rings. The summed E-state index contributed by atoms with van der Waals surface area (Å²) in [5, 5.41) is 2.63. The monoisotopic (exact) mass is 351 g/mol. The number of rotatable bonds is 3. The van der Waals surface area contributed by atoms with Gasteiger partial charge in [0.25, 0.3) is 0 Å². The fraction of sp³-hybridized carbons (Fsp3) is 0.0588. The minimum Gasteiger partial charge on any atom is -0.325 e. The summed E-state index contributed by atoms with van der Waals surface area (Å²) in [6.07, 6.45) is -3.27. The Kier molecular flexibility index (Phi) is 4.35. The number of pyridine rings is 2. The topological polar surface area (TPSA) is 37.8 Å². The smallest absolute Gasteiger partial charge is 0.325 e. The van der Waals surface area contributed by atoms with Crippen molar-refractivity contribution in [2.24, 2.45) is 0 Å². The third-order valence-electron chi connectivity index (χ3n) is 3.32. The summed E-state index contributed by atoms with van der Waals surface area (Å²) in [5.74, 6) is -1.79. The second-order valence-corrected chi connectivity index (χ2v) is 5.06. The Hall–Kier alpha value is -3.03. The van der Waals surface area contributed by atoms with Crippen molar-refractivity contribution >= 4 is 11.6 Å². The highest BCUT2D eigenvalue weighted by Crippen LogP contribution is 2.29. The van der Waals surface area contributed by atoms with E-state index in [4.69, 9.17) is 0 Å². The summed E-state index contributed by atoms with van der Waals surface area (Å²) < 4.78 is 65.0. The zero-order valence-corrected chi connectivity index (χ0v) is 12.5. The lowest BCUT2D eigenvalue weighted by atomic mass is 10.1. The Balaban J connectivity index is 1.83. The van der Waals surface area contributed by atoms with E-state index in [0.29, 0.717) is 5.56 Å². The van der Waals surface area contributed by atoms with Crippen LogP contribution in [0, 0.1) is 11.6 Å². The molecule has 0 aliphatic rings. The maximum absolute atomic E-state index is 13.8. The first-order chi connectivity index (χ1) is 11.8. The highest BCUT2D eigenvalue weighted by molar-refractivity contribution is 5.65. The zero-order valence-electron chi connectivity index (χ0n) is 12.5. The number of anilines is 2. The molecular weight excluding hydrogens is 341 g/mol. The van der Waals surface area contributed by atoms with Crippen LogP contribution in [0.4, 0.5) is 33.6 Å². The van der Waals surface area contributed by atoms with Crippen molar-refractivity contribution in [3.05, 3.63) is 72.1 Å². The highest BCUT2D eigenvalue weighted by Gasteiger charge is 2.32. The number of hydrogen-bond donors (Lipinski definition) is 1. The molecule has 0 spiro atoms. The van der Waals surface area contributed by atoms with Crippen LogP contribution in [0.15, 0.2) is 54.7 Å².